The third-order valence-electron chi connectivity index (χ3n) is 2.69. The van der Waals surface area contributed by atoms with Crippen molar-refractivity contribution < 1.29 is 22.3 Å². The summed E-state index contributed by atoms with van der Waals surface area (Å²) in [7, 11) is 0. The number of hydrogen-bond acceptors (Lipinski definition) is 4. The minimum absolute atomic E-state index is 0.275. The summed E-state index contributed by atoms with van der Waals surface area (Å²) in [6, 6.07) is 4.62. The minimum atomic E-state index is -4.60. The number of rotatable bonds is 5. The zero-order valence-electron chi connectivity index (χ0n) is 11.2. The fourth-order valence-corrected chi connectivity index (χ4v) is 1.67. The van der Waals surface area contributed by atoms with Crippen LogP contribution >= 0.6 is 0 Å². The molecule has 0 saturated heterocycles. The quantitative estimate of drug-likeness (QED) is 0.797. The van der Waals surface area contributed by atoms with E-state index in [9.17, 15) is 18.0 Å². The molecule has 2 rings (SSSR count). The molecule has 0 amide bonds. The van der Waals surface area contributed by atoms with Crippen LogP contribution in [0.2, 0.25) is 0 Å². The Labute approximate surface area is 117 Å². The first-order valence-corrected chi connectivity index (χ1v) is 6.33. The van der Waals surface area contributed by atoms with Crippen LogP contribution in [0.4, 0.5) is 13.2 Å². The largest absolute Gasteiger partial charge is 0.449 e. The Morgan fingerprint density at radius 2 is 2.05 bits per heavy atom. The highest BCUT2D eigenvalue weighted by Gasteiger charge is 2.34. The average Bonchev–Trinajstić information content (AvgIpc) is 2.79. The molecule has 0 radical (unpaired) electrons. The Hall–Kier alpha value is -2.25. The fourth-order valence-electron chi connectivity index (χ4n) is 1.67. The predicted octanol–water partition coefficient (Wildman–Crippen LogP) is 3.02. The number of unbranched alkanes of at least 4 members (excludes halogenated alkanes) is 1. The molecule has 0 bridgehead atoms. The summed E-state index contributed by atoms with van der Waals surface area (Å²) in [5, 5.41) is 3.64. The Bertz CT molecular complexity index is 661. The van der Waals surface area contributed by atoms with Crippen molar-refractivity contribution in [1.29, 1.82) is 0 Å². The van der Waals surface area contributed by atoms with Crippen molar-refractivity contribution in [3.05, 3.63) is 40.4 Å². The van der Waals surface area contributed by atoms with Crippen molar-refractivity contribution in [2.24, 2.45) is 0 Å². The van der Waals surface area contributed by atoms with Crippen LogP contribution in [0, 0.1) is 0 Å². The van der Waals surface area contributed by atoms with E-state index < -0.39 is 23.2 Å². The number of para-hydroxylation sites is 1. The van der Waals surface area contributed by atoms with Crippen molar-refractivity contribution in [2.45, 2.75) is 25.9 Å². The number of halogens is 3. The van der Waals surface area contributed by atoms with E-state index in [2.05, 4.69) is 5.10 Å². The first kappa shape index (κ1) is 15.1. The lowest BCUT2D eigenvalue weighted by molar-refractivity contribution is -0.137. The average molecular weight is 302 g/mol. The number of benzene rings is 1. The first-order valence-electron chi connectivity index (χ1n) is 6.33. The van der Waals surface area contributed by atoms with Gasteiger partial charge in [0.1, 0.15) is 0 Å². The van der Waals surface area contributed by atoms with Gasteiger partial charge in [-0.3, -0.25) is 0 Å². The maximum Gasteiger partial charge on any atom is 0.444 e. The third kappa shape index (κ3) is 3.45. The van der Waals surface area contributed by atoms with Crippen molar-refractivity contribution >= 4 is 0 Å². The van der Waals surface area contributed by atoms with Gasteiger partial charge in [0.05, 0.1) is 17.9 Å². The number of ether oxygens (including phenoxy) is 1. The molecule has 0 fully saturated rings. The van der Waals surface area contributed by atoms with Crippen molar-refractivity contribution in [3.63, 3.8) is 0 Å². The van der Waals surface area contributed by atoms with Gasteiger partial charge in [-0.15, -0.1) is 0 Å². The molecule has 5 nitrogen and oxygen atoms in total. The summed E-state index contributed by atoms with van der Waals surface area (Å²) in [4.78, 5) is 11.6. The molecular weight excluding hydrogens is 289 g/mol. The van der Waals surface area contributed by atoms with E-state index in [4.69, 9.17) is 9.15 Å². The van der Waals surface area contributed by atoms with E-state index in [1.54, 1.807) is 0 Å². The van der Waals surface area contributed by atoms with Crippen molar-refractivity contribution in [2.75, 3.05) is 6.61 Å². The van der Waals surface area contributed by atoms with Crippen molar-refractivity contribution in [1.82, 2.24) is 9.78 Å². The maximum absolute atomic E-state index is 12.9. The van der Waals surface area contributed by atoms with Gasteiger partial charge in [-0.05, 0) is 18.6 Å². The molecule has 21 heavy (non-hydrogen) atoms. The minimum Gasteiger partial charge on any atom is -0.449 e. The van der Waals surface area contributed by atoms with Gasteiger partial charge in [-0.25, -0.2) is 4.79 Å². The summed E-state index contributed by atoms with van der Waals surface area (Å²) in [6.45, 7) is 2.22. The normalized spacial score (nSPS) is 11.6. The lowest BCUT2D eigenvalue weighted by Crippen LogP contribution is -2.18. The molecule has 2 aromatic rings. The van der Waals surface area contributed by atoms with E-state index in [1.165, 1.54) is 12.1 Å². The van der Waals surface area contributed by atoms with Crippen LogP contribution in [0.15, 0.2) is 33.5 Å². The number of alkyl halides is 3. The number of hydrogen-bond donors (Lipinski definition) is 0. The highest BCUT2D eigenvalue weighted by molar-refractivity contribution is 5.41. The summed E-state index contributed by atoms with van der Waals surface area (Å²) < 4.78 is 49.1. The number of aromatic nitrogens is 2. The second-order valence-electron chi connectivity index (χ2n) is 4.26. The third-order valence-corrected chi connectivity index (χ3v) is 2.69. The molecular formula is C13H13F3N2O3. The van der Waals surface area contributed by atoms with Gasteiger partial charge in [0, 0.05) is 0 Å². The molecule has 0 saturated carbocycles. The standard InChI is InChI=1S/C13H13F3N2O3/c1-2-3-8-20-11-17-18(12(19)21-11)10-7-5-4-6-9(10)13(14,15)16/h4-7H,2-3,8H2,1H3. The molecule has 0 unspecified atom stereocenters. The lowest BCUT2D eigenvalue weighted by atomic mass is 10.2. The molecule has 8 heteroatoms. The summed E-state index contributed by atoms with van der Waals surface area (Å²) >= 11 is 0. The van der Waals surface area contributed by atoms with Gasteiger partial charge < -0.3 is 9.15 Å². The zero-order chi connectivity index (χ0) is 15.5. The smallest absolute Gasteiger partial charge is 0.444 e. The van der Waals surface area contributed by atoms with Crippen LogP contribution in [-0.2, 0) is 6.18 Å². The van der Waals surface area contributed by atoms with E-state index in [-0.39, 0.29) is 12.7 Å². The molecule has 0 atom stereocenters. The van der Waals surface area contributed by atoms with E-state index in [0.717, 1.165) is 25.0 Å². The second-order valence-corrected chi connectivity index (χ2v) is 4.26. The van der Waals surface area contributed by atoms with Crippen LogP contribution in [0.1, 0.15) is 25.3 Å². The van der Waals surface area contributed by atoms with Gasteiger partial charge in [0.25, 0.3) is 0 Å². The second kappa shape index (κ2) is 6.02. The van der Waals surface area contributed by atoms with Gasteiger partial charge in [-0.2, -0.15) is 17.9 Å². The monoisotopic (exact) mass is 302 g/mol. The number of nitrogens with zero attached hydrogens (tertiary/aromatic N) is 2. The molecule has 1 heterocycles. The SMILES string of the molecule is CCCCOc1nn(-c2ccccc2C(F)(F)F)c(=O)o1. The van der Waals surface area contributed by atoms with Crippen LogP contribution in [-0.4, -0.2) is 16.4 Å². The molecule has 0 aliphatic heterocycles. The van der Waals surface area contributed by atoms with Gasteiger partial charge in [0.15, 0.2) is 0 Å². The summed E-state index contributed by atoms with van der Waals surface area (Å²) in [5.74, 6) is -1.03. The van der Waals surface area contributed by atoms with Crippen LogP contribution in [0.3, 0.4) is 0 Å². The van der Waals surface area contributed by atoms with Gasteiger partial charge in [0.2, 0.25) is 0 Å². The van der Waals surface area contributed by atoms with E-state index in [1.807, 2.05) is 6.92 Å². The molecule has 0 N–H and O–H groups in total. The maximum atomic E-state index is 12.9. The highest BCUT2D eigenvalue weighted by atomic mass is 19.4. The Morgan fingerprint density at radius 1 is 1.33 bits per heavy atom. The summed E-state index contributed by atoms with van der Waals surface area (Å²) in [5.41, 5.74) is -1.37. The molecule has 0 aliphatic carbocycles. The predicted molar refractivity (Wildman–Crippen MR) is 67.5 cm³/mol. The zero-order valence-corrected chi connectivity index (χ0v) is 11.2. The Kier molecular flexibility index (Phi) is 4.35. The van der Waals surface area contributed by atoms with Crippen LogP contribution in [0.5, 0.6) is 6.08 Å². The lowest BCUT2D eigenvalue weighted by Gasteiger charge is -2.10. The van der Waals surface area contributed by atoms with Crippen molar-refractivity contribution in [3.8, 4) is 11.8 Å². The highest BCUT2D eigenvalue weighted by Crippen LogP contribution is 2.33. The molecule has 0 spiro atoms. The topological polar surface area (TPSA) is 57.3 Å². The Balaban J connectivity index is 2.37. The van der Waals surface area contributed by atoms with Crippen LogP contribution < -0.4 is 10.5 Å². The Morgan fingerprint density at radius 3 is 2.71 bits per heavy atom. The van der Waals surface area contributed by atoms with E-state index in [0.29, 0.717) is 4.68 Å². The molecule has 1 aromatic carbocycles. The fraction of sp³-hybridized carbons (Fsp3) is 0.385. The van der Waals surface area contributed by atoms with Gasteiger partial charge >= 0.3 is 18.0 Å². The van der Waals surface area contributed by atoms with Crippen LogP contribution in [0.25, 0.3) is 5.69 Å². The summed E-state index contributed by atoms with van der Waals surface area (Å²) in [6.07, 6.45) is -3.36. The molecule has 1 aromatic heterocycles. The first-order chi connectivity index (χ1) is 9.93. The molecule has 114 valence electrons. The van der Waals surface area contributed by atoms with E-state index >= 15 is 0 Å². The van der Waals surface area contributed by atoms with Gasteiger partial charge in [-0.1, -0.05) is 30.6 Å². The molecule has 0 aliphatic rings.